The Kier molecular flexibility index (Phi) is 18.2. The van der Waals surface area contributed by atoms with Crippen LogP contribution in [0.3, 0.4) is 0 Å². The number of fused-ring (bicyclic) bond motifs is 3. The number of piperidine rings is 3. The average Bonchev–Trinajstić information content (AvgIpc) is 4.03. The van der Waals surface area contributed by atoms with Crippen molar-refractivity contribution >= 4 is 59.7 Å². The number of allylic oxidation sites excluding steroid dienone is 1. The number of amides is 2. The number of aromatic hydroxyl groups is 3. The molecule has 0 radical (unpaired) electrons. The van der Waals surface area contributed by atoms with Crippen molar-refractivity contribution in [3.05, 3.63) is 51.9 Å². The van der Waals surface area contributed by atoms with Crippen molar-refractivity contribution in [3.63, 3.8) is 0 Å². The van der Waals surface area contributed by atoms with Gasteiger partial charge in [-0.1, -0.05) is 17.8 Å². The number of thioether (sulfide) groups is 1. The summed E-state index contributed by atoms with van der Waals surface area (Å²) in [6, 6.07) is 3.02. The normalized spacial score (nSPS) is 20.5. The molecule has 1 aromatic rings. The Balaban J connectivity index is 0.00000206. The van der Waals surface area contributed by atoms with Crippen LogP contribution in [0.4, 0.5) is 0 Å². The number of hydrogen-bond donors (Lipinski definition) is 8. The summed E-state index contributed by atoms with van der Waals surface area (Å²) in [6.07, 6.45) is 5.27. The summed E-state index contributed by atoms with van der Waals surface area (Å²) in [5.74, 6) is -2.06. The highest BCUT2D eigenvalue weighted by molar-refractivity contribution is 8.02. The summed E-state index contributed by atoms with van der Waals surface area (Å²) in [6.45, 7) is 11.3. The number of methoxy groups -OCH3 is 1. The Bertz CT molecular complexity index is 1710. The second-order valence-electron chi connectivity index (χ2n) is 14.1. The van der Waals surface area contributed by atoms with Crippen molar-refractivity contribution < 1.29 is 53.7 Å². The molecular formula is C37H56N7O10S2+. The van der Waals surface area contributed by atoms with Crippen molar-refractivity contribution in [1.82, 2.24) is 5.32 Å². The Labute approximate surface area is 335 Å². The molecule has 0 atom stereocenters. The number of nitrogens with zero attached hydrogens (tertiary/aromatic N) is 3. The quantitative estimate of drug-likeness (QED) is 0.0122. The number of Topliss-reactive ketones (excluding diaryl/α,β-unsaturated/α-hetero) is 1. The molecule has 3 aliphatic heterocycles. The summed E-state index contributed by atoms with van der Waals surface area (Å²) in [5, 5.41) is 47.7. The largest absolute Gasteiger partial charge is 0.508 e. The molecule has 11 N–H and O–H groups in total. The zero-order valence-corrected chi connectivity index (χ0v) is 34.3. The molecule has 0 unspecified atom stereocenters. The first kappa shape index (κ1) is 47.4. The number of ether oxygens (including phenoxy) is 1. The third-order valence-electron chi connectivity index (χ3n) is 9.79. The van der Waals surface area contributed by atoms with E-state index in [4.69, 9.17) is 20.1 Å². The molecule has 1 aromatic carbocycles. The summed E-state index contributed by atoms with van der Waals surface area (Å²) >= 11 is 2.13. The average molecular weight is 823 g/mol. The van der Waals surface area contributed by atoms with Gasteiger partial charge in [-0.3, -0.25) is 14.4 Å². The van der Waals surface area contributed by atoms with Crippen LogP contribution >= 0.6 is 23.7 Å². The van der Waals surface area contributed by atoms with Crippen LogP contribution in [0.1, 0.15) is 58.4 Å². The molecule has 56 heavy (non-hydrogen) atoms. The van der Waals surface area contributed by atoms with E-state index in [0.29, 0.717) is 35.0 Å². The van der Waals surface area contributed by atoms with Crippen molar-refractivity contribution in [2.45, 2.75) is 64.9 Å². The highest BCUT2D eigenvalue weighted by Crippen LogP contribution is 2.49. The standard InChI is InChI=1S/C35H47N5O9S2.CH3NO.CH5N/c1-21(39-51-22(2)36)28(38-49-34(3,4)32(46)23-6-7-23)27(43)19-50-18-25(29(37-20-41)33(47)48-5)17-40-13-10-35(11-14-40,12-15-40)16-24-8-9-26(42)31(45)30(24)44;2-1-3;1-2/h8-9,20H,2,6-7,10-19,36H2,1,3-5H3,(H4-,37,38,39,41,42,43,44,45,46);1H,(H2,2,3);2H2,1H3/p+1/b29-25-;;. The number of carbonyl (C=O) groups is 4. The molecule has 5 rings (SSSR count). The number of esters is 1. The Morgan fingerprint density at radius 1 is 1.07 bits per heavy atom. The number of quaternary nitrogens is 1. The Morgan fingerprint density at radius 2 is 1.66 bits per heavy atom. The van der Waals surface area contributed by atoms with E-state index >= 15 is 0 Å². The van der Waals surface area contributed by atoms with E-state index in [2.05, 4.69) is 32.9 Å². The van der Waals surface area contributed by atoms with Crippen LogP contribution in [0.25, 0.3) is 0 Å². The molecular weight excluding hydrogens is 767 g/mol. The maximum Gasteiger partial charge on any atom is 0.354 e. The predicted molar refractivity (Wildman–Crippen MR) is 218 cm³/mol. The Morgan fingerprint density at radius 3 is 2.18 bits per heavy atom. The van der Waals surface area contributed by atoms with E-state index in [1.54, 1.807) is 26.8 Å². The van der Waals surface area contributed by atoms with Crippen LogP contribution in [-0.2, 0) is 35.2 Å². The van der Waals surface area contributed by atoms with Gasteiger partial charge in [-0.2, -0.15) is 0 Å². The number of phenols is 3. The summed E-state index contributed by atoms with van der Waals surface area (Å²) < 4.78 is 9.93. The minimum Gasteiger partial charge on any atom is -0.508 e. The van der Waals surface area contributed by atoms with Gasteiger partial charge in [0.1, 0.15) is 18.0 Å². The highest BCUT2D eigenvalue weighted by Gasteiger charge is 2.49. The van der Waals surface area contributed by atoms with E-state index in [1.165, 1.54) is 32.0 Å². The molecule has 3 saturated heterocycles. The number of rotatable bonds is 18. The Hall–Kier alpha value is -4.72. The van der Waals surface area contributed by atoms with Crippen LogP contribution in [0, 0.1) is 5.41 Å². The fraction of sp³-hybridized carbons (Fsp3) is 0.514. The van der Waals surface area contributed by atoms with Gasteiger partial charge >= 0.3 is 5.97 Å². The lowest BCUT2D eigenvalue weighted by atomic mass is 9.67. The number of nitrogens with two attached hydrogens (primary N) is 3. The van der Waals surface area contributed by atoms with Crippen LogP contribution in [0.2, 0.25) is 0 Å². The first-order valence-electron chi connectivity index (χ1n) is 17.7. The van der Waals surface area contributed by atoms with E-state index in [-0.39, 0.29) is 62.7 Å². The number of aliphatic hydroxyl groups excluding tert-OH is 1. The fourth-order valence-corrected chi connectivity index (χ4v) is 7.86. The molecule has 3 heterocycles. The zero-order valence-electron chi connectivity index (χ0n) is 32.6. The smallest absolute Gasteiger partial charge is 0.354 e. The first-order chi connectivity index (χ1) is 26.5. The minimum absolute atomic E-state index is 0.0324. The number of hydrogen-bond acceptors (Lipinski definition) is 16. The van der Waals surface area contributed by atoms with Gasteiger partial charge in [0.05, 0.1) is 43.2 Å². The molecule has 2 bridgehead atoms. The second kappa shape index (κ2) is 21.5. The molecule has 310 valence electrons. The summed E-state index contributed by atoms with van der Waals surface area (Å²) in [7, 11) is 2.74. The number of oxime groups is 1. The molecule has 4 fully saturated rings. The van der Waals surface area contributed by atoms with Gasteiger partial charge in [0.2, 0.25) is 18.6 Å². The number of ketones is 1. The molecule has 0 aromatic heterocycles. The maximum absolute atomic E-state index is 13.6. The topological polar surface area (TPSA) is 282 Å². The van der Waals surface area contributed by atoms with Crippen molar-refractivity contribution in [1.29, 1.82) is 0 Å². The van der Waals surface area contributed by atoms with Gasteiger partial charge in [-0.15, -0.1) is 11.8 Å². The van der Waals surface area contributed by atoms with Gasteiger partial charge in [-0.05, 0) is 69.7 Å². The third kappa shape index (κ3) is 12.9. The van der Waals surface area contributed by atoms with E-state index < -0.39 is 23.1 Å². The van der Waals surface area contributed by atoms with Crippen LogP contribution < -0.4 is 22.5 Å². The molecule has 19 heteroatoms. The number of nitrogens with one attached hydrogen (secondary N) is 1. The number of benzene rings is 1. The minimum atomic E-state index is -1.16. The molecule has 1 saturated carbocycles. The summed E-state index contributed by atoms with van der Waals surface area (Å²) in [4.78, 5) is 52.4. The zero-order chi connectivity index (χ0) is 42.3. The van der Waals surface area contributed by atoms with Gasteiger partial charge < -0.3 is 57.0 Å². The molecule has 4 aliphatic rings. The number of primary amides is 1. The van der Waals surface area contributed by atoms with Gasteiger partial charge in [0.15, 0.2) is 28.6 Å². The monoisotopic (exact) mass is 822 g/mol. The van der Waals surface area contributed by atoms with Crippen LogP contribution in [-0.4, -0.2) is 118 Å². The van der Waals surface area contributed by atoms with Crippen molar-refractivity contribution in [2.24, 2.45) is 32.2 Å². The first-order valence-corrected chi connectivity index (χ1v) is 19.7. The van der Waals surface area contributed by atoms with Gasteiger partial charge in [-0.25, -0.2) is 9.19 Å². The fourth-order valence-electron chi connectivity index (χ4n) is 6.61. The second-order valence-corrected chi connectivity index (χ2v) is 15.9. The van der Waals surface area contributed by atoms with E-state index in [0.717, 1.165) is 69.3 Å². The SMILES string of the molecule is C=C(N)S/N=C(C)/C(=N/OC(C)(C)C(O)=C1CC1)C(=O)CSC/C(C[N+]12CCC(Cc3ccc(O)c(O)c3O)(CC1)CC2)=C(\NC=O)C(=O)OC.CN.NC=O. The molecule has 17 nitrogen and oxygen atoms in total. The van der Waals surface area contributed by atoms with E-state index in [9.17, 15) is 34.8 Å². The van der Waals surface area contributed by atoms with Crippen molar-refractivity contribution in [2.75, 3.05) is 51.8 Å². The number of aliphatic hydroxyl groups is 1. The predicted octanol–water partition coefficient (Wildman–Crippen LogP) is 2.79. The van der Waals surface area contributed by atoms with Crippen LogP contribution in [0.15, 0.2) is 55.9 Å². The van der Waals surface area contributed by atoms with Crippen molar-refractivity contribution in [3.8, 4) is 17.2 Å². The number of carbonyl (C=O) groups excluding carboxylic acids is 4. The lowest BCUT2D eigenvalue weighted by Gasteiger charge is -2.55. The lowest BCUT2D eigenvalue weighted by molar-refractivity contribution is -0.941. The third-order valence-corrected chi connectivity index (χ3v) is 11.4. The highest BCUT2D eigenvalue weighted by atomic mass is 32.2. The molecule has 2 amide bonds. The number of phenolic OH excluding ortho intramolecular Hbond substituents is 3. The molecule has 0 spiro atoms. The van der Waals surface area contributed by atoms with Crippen LogP contribution in [0.5, 0.6) is 17.2 Å². The van der Waals surface area contributed by atoms with E-state index in [1.807, 2.05) is 0 Å². The summed E-state index contributed by atoms with van der Waals surface area (Å²) in [5.41, 5.74) is 15.4. The maximum atomic E-state index is 13.6. The lowest BCUT2D eigenvalue weighted by Crippen LogP contribution is -2.63. The van der Waals surface area contributed by atoms with Gasteiger partial charge in [0.25, 0.3) is 0 Å². The van der Waals surface area contributed by atoms with Gasteiger partial charge in [0, 0.05) is 42.5 Å². The molecule has 1 aliphatic carbocycles.